The number of ether oxygens (including phenoxy) is 1. The molecule has 2 atom stereocenters. The number of morpholine rings is 1. The van der Waals surface area contributed by atoms with Crippen LogP contribution in [0.2, 0.25) is 0 Å². The van der Waals surface area contributed by atoms with E-state index < -0.39 is 0 Å². The van der Waals surface area contributed by atoms with Crippen LogP contribution in [0.1, 0.15) is 22.5 Å². The van der Waals surface area contributed by atoms with E-state index in [0.717, 1.165) is 35.3 Å². The molecule has 86 valence electrons. The van der Waals surface area contributed by atoms with E-state index in [2.05, 4.69) is 15.9 Å². The summed E-state index contributed by atoms with van der Waals surface area (Å²) in [6.07, 6.45) is 2.72. The van der Waals surface area contributed by atoms with E-state index in [1.165, 1.54) is 11.3 Å². The number of carbonyl (C=O) groups is 1. The fourth-order valence-electron chi connectivity index (χ4n) is 2.37. The van der Waals surface area contributed by atoms with Crippen molar-refractivity contribution in [3.05, 3.63) is 20.8 Å². The number of thiophene rings is 1. The molecule has 5 heteroatoms. The minimum absolute atomic E-state index is 0.141. The number of amides is 1. The van der Waals surface area contributed by atoms with Crippen LogP contribution >= 0.6 is 27.3 Å². The second-order valence-electron chi connectivity index (χ2n) is 4.27. The van der Waals surface area contributed by atoms with Gasteiger partial charge in [-0.1, -0.05) is 0 Å². The molecule has 0 aliphatic carbocycles. The van der Waals surface area contributed by atoms with Gasteiger partial charge in [0.15, 0.2) is 0 Å². The Balaban J connectivity index is 1.79. The maximum Gasteiger partial charge on any atom is 0.265 e. The Labute approximate surface area is 107 Å². The highest BCUT2D eigenvalue weighted by atomic mass is 79.9. The van der Waals surface area contributed by atoms with Gasteiger partial charge in [-0.2, -0.15) is 0 Å². The van der Waals surface area contributed by atoms with Crippen LogP contribution in [0.4, 0.5) is 0 Å². The van der Waals surface area contributed by atoms with E-state index >= 15 is 0 Å². The summed E-state index contributed by atoms with van der Waals surface area (Å²) in [5, 5.41) is 1.94. The predicted molar refractivity (Wildman–Crippen MR) is 65.8 cm³/mol. The van der Waals surface area contributed by atoms with Gasteiger partial charge in [0, 0.05) is 17.6 Å². The average Bonchev–Trinajstić information content (AvgIpc) is 2.84. The molecule has 2 aliphatic heterocycles. The molecule has 0 saturated carbocycles. The zero-order valence-corrected chi connectivity index (χ0v) is 11.1. The van der Waals surface area contributed by atoms with E-state index in [-0.39, 0.29) is 18.1 Å². The molecule has 3 nitrogen and oxygen atoms in total. The monoisotopic (exact) mass is 301 g/mol. The van der Waals surface area contributed by atoms with Crippen molar-refractivity contribution >= 4 is 33.2 Å². The Hall–Kier alpha value is -0.390. The van der Waals surface area contributed by atoms with Crippen molar-refractivity contribution in [3.8, 4) is 0 Å². The van der Waals surface area contributed by atoms with Gasteiger partial charge in [-0.15, -0.1) is 11.3 Å². The van der Waals surface area contributed by atoms with Gasteiger partial charge in [0.05, 0.1) is 12.2 Å². The van der Waals surface area contributed by atoms with Crippen molar-refractivity contribution in [1.29, 1.82) is 0 Å². The molecule has 0 radical (unpaired) electrons. The lowest BCUT2D eigenvalue weighted by Gasteiger charge is -2.31. The van der Waals surface area contributed by atoms with Gasteiger partial charge in [-0.05, 0) is 40.2 Å². The molecule has 2 saturated heterocycles. The second kappa shape index (κ2) is 4.13. The van der Waals surface area contributed by atoms with E-state index in [4.69, 9.17) is 4.74 Å². The Bertz CT molecular complexity index is 408. The molecule has 2 unspecified atom stereocenters. The lowest BCUT2D eigenvalue weighted by atomic mass is 10.2. The topological polar surface area (TPSA) is 29.5 Å². The van der Waals surface area contributed by atoms with Gasteiger partial charge in [0.25, 0.3) is 5.91 Å². The molecule has 3 heterocycles. The van der Waals surface area contributed by atoms with Crippen LogP contribution in [0.5, 0.6) is 0 Å². The molecule has 0 spiro atoms. The number of hydrogen-bond donors (Lipinski definition) is 0. The molecule has 0 aromatic carbocycles. The van der Waals surface area contributed by atoms with Crippen LogP contribution in [0.15, 0.2) is 15.9 Å². The summed E-state index contributed by atoms with van der Waals surface area (Å²) in [5.74, 6) is 0.141. The van der Waals surface area contributed by atoms with Gasteiger partial charge in [0.1, 0.15) is 4.88 Å². The zero-order valence-electron chi connectivity index (χ0n) is 8.69. The van der Waals surface area contributed by atoms with E-state index in [9.17, 15) is 4.79 Å². The Kier molecular flexibility index (Phi) is 2.77. The number of likely N-dealkylation sites (tertiary alicyclic amines) is 1. The van der Waals surface area contributed by atoms with E-state index in [1.807, 2.05) is 16.3 Å². The number of halogens is 1. The van der Waals surface area contributed by atoms with Crippen molar-refractivity contribution in [2.75, 3.05) is 13.1 Å². The quantitative estimate of drug-likeness (QED) is 0.798. The summed E-state index contributed by atoms with van der Waals surface area (Å²) in [4.78, 5) is 15.0. The third-order valence-corrected chi connectivity index (χ3v) is 4.97. The standard InChI is InChI=1S/C11H12BrNO2S/c12-9-3-4-16-10(9)11(14)13-5-7-1-2-8(6-13)15-7/h3-4,7-8H,1-2,5-6H2. The number of fused-ring (bicyclic) bond motifs is 2. The molecule has 1 aromatic heterocycles. The van der Waals surface area contributed by atoms with Crippen molar-refractivity contribution in [1.82, 2.24) is 4.90 Å². The number of nitrogens with zero attached hydrogens (tertiary/aromatic N) is 1. The summed E-state index contributed by atoms with van der Waals surface area (Å²) >= 11 is 4.91. The molecular weight excluding hydrogens is 290 g/mol. The maximum absolute atomic E-state index is 12.3. The maximum atomic E-state index is 12.3. The van der Waals surface area contributed by atoms with Crippen LogP contribution < -0.4 is 0 Å². The minimum atomic E-state index is 0.141. The third kappa shape index (κ3) is 1.81. The first-order chi connectivity index (χ1) is 7.74. The van der Waals surface area contributed by atoms with Crippen molar-refractivity contribution in [3.63, 3.8) is 0 Å². The number of rotatable bonds is 1. The third-order valence-electron chi connectivity index (χ3n) is 3.14. The van der Waals surface area contributed by atoms with Crippen LogP contribution in [0.25, 0.3) is 0 Å². The number of carbonyl (C=O) groups excluding carboxylic acids is 1. The average molecular weight is 302 g/mol. The lowest BCUT2D eigenvalue weighted by molar-refractivity contribution is -0.0302. The van der Waals surface area contributed by atoms with Crippen LogP contribution in [0, 0.1) is 0 Å². The predicted octanol–water partition coefficient (Wildman–Crippen LogP) is 2.51. The van der Waals surface area contributed by atoms with Crippen molar-refractivity contribution in [2.24, 2.45) is 0 Å². The highest BCUT2D eigenvalue weighted by molar-refractivity contribution is 9.10. The Morgan fingerprint density at radius 2 is 2.12 bits per heavy atom. The molecule has 2 fully saturated rings. The molecule has 0 N–H and O–H groups in total. The summed E-state index contributed by atoms with van der Waals surface area (Å²) in [5.41, 5.74) is 0. The summed E-state index contributed by atoms with van der Waals surface area (Å²) < 4.78 is 6.63. The summed E-state index contributed by atoms with van der Waals surface area (Å²) in [6.45, 7) is 1.50. The van der Waals surface area contributed by atoms with Gasteiger partial charge in [-0.25, -0.2) is 0 Å². The first-order valence-corrected chi connectivity index (χ1v) is 7.09. The largest absolute Gasteiger partial charge is 0.371 e. The fraction of sp³-hybridized carbons (Fsp3) is 0.545. The first kappa shape index (κ1) is 10.7. The van der Waals surface area contributed by atoms with Crippen molar-refractivity contribution < 1.29 is 9.53 Å². The molecule has 3 rings (SSSR count). The van der Waals surface area contributed by atoms with Gasteiger partial charge >= 0.3 is 0 Å². The second-order valence-corrected chi connectivity index (χ2v) is 6.04. The first-order valence-electron chi connectivity index (χ1n) is 5.42. The highest BCUT2D eigenvalue weighted by Crippen LogP contribution is 2.30. The number of hydrogen-bond acceptors (Lipinski definition) is 3. The molecular formula is C11H12BrNO2S. The molecule has 2 aliphatic rings. The zero-order chi connectivity index (χ0) is 11.1. The lowest BCUT2D eigenvalue weighted by Crippen LogP contribution is -2.45. The normalized spacial score (nSPS) is 28.4. The highest BCUT2D eigenvalue weighted by Gasteiger charge is 2.36. The molecule has 2 bridgehead atoms. The summed E-state index contributed by atoms with van der Waals surface area (Å²) in [6, 6.07) is 1.92. The van der Waals surface area contributed by atoms with E-state index in [1.54, 1.807) is 0 Å². The van der Waals surface area contributed by atoms with E-state index in [0.29, 0.717) is 0 Å². The molecule has 16 heavy (non-hydrogen) atoms. The summed E-state index contributed by atoms with van der Waals surface area (Å²) in [7, 11) is 0. The van der Waals surface area contributed by atoms with Gasteiger partial charge in [0.2, 0.25) is 0 Å². The van der Waals surface area contributed by atoms with Crippen LogP contribution in [-0.4, -0.2) is 36.1 Å². The smallest absolute Gasteiger partial charge is 0.265 e. The minimum Gasteiger partial charge on any atom is -0.371 e. The molecule has 1 aromatic rings. The Morgan fingerprint density at radius 1 is 1.44 bits per heavy atom. The molecule has 1 amide bonds. The Morgan fingerprint density at radius 3 is 2.69 bits per heavy atom. The van der Waals surface area contributed by atoms with Crippen LogP contribution in [-0.2, 0) is 4.74 Å². The fourth-order valence-corrected chi connectivity index (χ4v) is 3.88. The van der Waals surface area contributed by atoms with Gasteiger partial charge < -0.3 is 9.64 Å². The SMILES string of the molecule is O=C(c1sccc1Br)N1CC2CCC(C1)O2. The van der Waals surface area contributed by atoms with Crippen molar-refractivity contribution in [2.45, 2.75) is 25.0 Å². The van der Waals surface area contributed by atoms with Gasteiger partial charge in [-0.3, -0.25) is 4.79 Å². The van der Waals surface area contributed by atoms with Crippen LogP contribution in [0.3, 0.4) is 0 Å².